The summed E-state index contributed by atoms with van der Waals surface area (Å²) in [6, 6.07) is 0. The van der Waals surface area contributed by atoms with Crippen LogP contribution in [0.3, 0.4) is 0 Å². The third-order valence-corrected chi connectivity index (χ3v) is 8.94. The van der Waals surface area contributed by atoms with Crippen molar-refractivity contribution >= 4 is 5.97 Å². The summed E-state index contributed by atoms with van der Waals surface area (Å²) in [5, 5.41) is 0. The van der Waals surface area contributed by atoms with E-state index in [0.717, 1.165) is 31.6 Å². The van der Waals surface area contributed by atoms with E-state index in [4.69, 9.17) is 4.74 Å². The summed E-state index contributed by atoms with van der Waals surface area (Å²) in [4.78, 5) is 12.3. The zero-order valence-electron chi connectivity index (χ0n) is 18.9. The zero-order valence-corrected chi connectivity index (χ0v) is 18.9. The van der Waals surface area contributed by atoms with Gasteiger partial charge in [-0.25, -0.2) is 0 Å². The van der Waals surface area contributed by atoms with E-state index >= 15 is 0 Å². The SMILES string of the molecule is CCCCCCCC12CCC(C3CCC(C(=O)OCCCC)CC3)(CC1)CC2. The van der Waals surface area contributed by atoms with Crippen molar-refractivity contribution in [2.75, 3.05) is 6.61 Å². The van der Waals surface area contributed by atoms with Gasteiger partial charge in [0.15, 0.2) is 0 Å². The Labute approximate surface area is 174 Å². The normalized spacial score (nSPS) is 35.1. The number of esters is 1. The molecule has 4 fully saturated rings. The molecule has 0 radical (unpaired) electrons. The molecule has 4 aliphatic carbocycles. The number of hydrogen-bond donors (Lipinski definition) is 0. The highest BCUT2D eigenvalue weighted by Gasteiger charge is 2.51. The molecule has 2 heteroatoms. The smallest absolute Gasteiger partial charge is 0.308 e. The second-order valence-electron chi connectivity index (χ2n) is 10.6. The standard InChI is InChI=1S/C26H46O2/c1-3-5-7-8-9-14-25-15-18-26(19-16-25,20-17-25)23-12-10-22(11-13-23)24(27)28-21-6-4-2/h22-23H,3-21H2,1-2H3. The van der Waals surface area contributed by atoms with Gasteiger partial charge in [-0.15, -0.1) is 0 Å². The second kappa shape index (κ2) is 10.5. The molecular weight excluding hydrogens is 344 g/mol. The van der Waals surface area contributed by atoms with E-state index in [0.29, 0.717) is 17.4 Å². The predicted octanol–water partition coefficient (Wildman–Crippen LogP) is 7.84. The van der Waals surface area contributed by atoms with E-state index in [1.165, 1.54) is 89.9 Å². The van der Waals surface area contributed by atoms with Crippen molar-refractivity contribution in [3.63, 3.8) is 0 Å². The van der Waals surface area contributed by atoms with Crippen LogP contribution < -0.4 is 0 Å². The number of carbonyl (C=O) groups excluding carboxylic acids is 1. The van der Waals surface area contributed by atoms with Crippen molar-refractivity contribution in [3.8, 4) is 0 Å². The highest BCUT2D eigenvalue weighted by Crippen LogP contribution is 2.63. The first kappa shape index (κ1) is 22.2. The topological polar surface area (TPSA) is 26.3 Å². The summed E-state index contributed by atoms with van der Waals surface area (Å²) in [5.74, 6) is 1.17. The predicted molar refractivity (Wildman–Crippen MR) is 117 cm³/mol. The molecule has 0 saturated heterocycles. The van der Waals surface area contributed by atoms with Crippen LogP contribution in [-0.4, -0.2) is 12.6 Å². The van der Waals surface area contributed by atoms with Crippen LogP contribution in [0.25, 0.3) is 0 Å². The molecule has 0 aromatic carbocycles. The van der Waals surface area contributed by atoms with Crippen molar-refractivity contribution in [2.24, 2.45) is 22.7 Å². The molecule has 162 valence electrons. The molecular formula is C26H46O2. The Hall–Kier alpha value is -0.530. The lowest BCUT2D eigenvalue weighted by Crippen LogP contribution is -2.46. The van der Waals surface area contributed by atoms with Gasteiger partial charge in [0.1, 0.15) is 0 Å². The van der Waals surface area contributed by atoms with Crippen molar-refractivity contribution < 1.29 is 9.53 Å². The summed E-state index contributed by atoms with van der Waals surface area (Å²) in [7, 11) is 0. The lowest BCUT2D eigenvalue weighted by molar-refractivity contribution is -0.151. The van der Waals surface area contributed by atoms with Crippen molar-refractivity contribution in [2.45, 2.75) is 129 Å². The molecule has 2 nitrogen and oxygen atoms in total. The molecule has 0 unspecified atom stereocenters. The van der Waals surface area contributed by atoms with Crippen molar-refractivity contribution in [1.29, 1.82) is 0 Å². The molecule has 0 amide bonds. The Bertz CT molecular complexity index is 450. The van der Waals surface area contributed by atoms with E-state index < -0.39 is 0 Å². The van der Waals surface area contributed by atoms with Gasteiger partial charge in [-0.1, -0.05) is 52.4 Å². The minimum atomic E-state index is 0.0961. The fourth-order valence-corrected chi connectivity index (χ4v) is 6.76. The Morgan fingerprint density at radius 1 is 0.786 bits per heavy atom. The molecule has 0 N–H and O–H groups in total. The molecule has 4 saturated carbocycles. The average Bonchev–Trinajstić information content (AvgIpc) is 2.75. The molecule has 28 heavy (non-hydrogen) atoms. The van der Waals surface area contributed by atoms with Gasteiger partial charge in [0.05, 0.1) is 12.5 Å². The van der Waals surface area contributed by atoms with Crippen LogP contribution >= 0.6 is 0 Å². The first-order valence-corrected chi connectivity index (χ1v) is 12.8. The molecule has 0 aromatic rings. The van der Waals surface area contributed by atoms with Crippen LogP contribution in [0.4, 0.5) is 0 Å². The molecule has 0 spiro atoms. The molecule has 4 rings (SSSR count). The number of rotatable bonds is 11. The van der Waals surface area contributed by atoms with Crippen LogP contribution in [0.1, 0.15) is 129 Å². The van der Waals surface area contributed by atoms with Crippen LogP contribution in [0.15, 0.2) is 0 Å². The van der Waals surface area contributed by atoms with Crippen LogP contribution in [0, 0.1) is 22.7 Å². The summed E-state index contributed by atoms with van der Waals surface area (Å²) in [6.45, 7) is 5.08. The number of carbonyl (C=O) groups is 1. The first-order valence-electron chi connectivity index (χ1n) is 12.8. The monoisotopic (exact) mass is 390 g/mol. The lowest BCUT2D eigenvalue weighted by atomic mass is 9.47. The van der Waals surface area contributed by atoms with Gasteiger partial charge >= 0.3 is 5.97 Å². The van der Waals surface area contributed by atoms with Crippen molar-refractivity contribution in [1.82, 2.24) is 0 Å². The molecule has 0 heterocycles. The molecule has 2 bridgehead atoms. The van der Waals surface area contributed by atoms with E-state index in [-0.39, 0.29) is 11.9 Å². The largest absolute Gasteiger partial charge is 0.465 e. The van der Waals surface area contributed by atoms with E-state index in [1.807, 2.05) is 0 Å². The van der Waals surface area contributed by atoms with Gasteiger partial charge in [0.25, 0.3) is 0 Å². The maximum Gasteiger partial charge on any atom is 0.308 e. The summed E-state index contributed by atoms with van der Waals surface area (Å²) in [6.07, 6.45) is 24.4. The van der Waals surface area contributed by atoms with Gasteiger partial charge < -0.3 is 4.74 Å². The number of fused-ring (bicyclic) bond motifs is 3. The Balaban J connectivity index is 1.41. The highest BCUT2D eigenvalue weighted by molar-refractivity contribution is 5.72. The van der Waals surface area contributed by atoms with Crippen LogP contribution in [-0.2, 0) is 9.53 Å². The minimum Gasteiger partial charge on any atom is -0.465 e. The van der Waals surface area contributed by atoms with E-state index in [2.05, 4.69) is 13.8 Å². The van der Waals surface area contributed by atoms with Crippen molar-refractivity contribution in [3.05, 3.63) is 0 Å². The lowest BCUT2D eigenvalue weighted by Gasteiger charge is -2.58. The number of ether oxygens (including phenoxy) is 1. The fourth-order valence-electron chi connectivity index (χ4n) is 6.76. The summed E-state index contributed by atoms with van der Waals surface area (Å²) in [5.41, 5.74) is 1.36. The Morgan fingerprint density at radius 2 is 1.39 bits per heavy atom. The maximum absolute atomic E-state index is 12.3. The van der Waals surface area contributed by atoms with Gasteiger partial charge in [0.2, 0.25) is 0 Å². The Kier molecular flexibility index (Phi) is 8.30. The molecule has 0 aromatic heterocycles. The quantitative estimate of drug-likeness (QED) is 0.265. The fraction of sp³-hybridized carbons (Fsp3) is 0.962. The molecule has 0 atom stereocenters. The summed E-state index contributed by atoms with van der Waals surface area (Å²) >= 11 is 0. The van der Waals surface area contributed by atoms with Gasteiger partial charge in [-0.2, -0.15) is 0 Å². The summed E-state index contributed by atoms with van der Waals surface area (Å²) < 4.78 is 5.50. The first-order chi connectivity index (χ1) is 13.6. The molecule has 4 aliphatic rings. The second-order valence-corrected chi connectivity index (χ2v) is 10.6. The van der Waals surface area contributed by atoms with Crippen LogP contribution in [0.2, 0.25) is 0 Å². The van der Waals surface area contributed by atoms with E-state index in [9.17, 15) is 4.79 Å². The minimum absolute atomic E-state index is 0.0961. The Morgan fingerprint density at radius 3 is 2.00 bits per heavy atom. The number of hydrogen-bond acceptors (Lipinski definition) is 2. The average molecular weight is 391 g/mol. The highest BCUT2D eigenvalue weighted by atomic mass is 16.5. The third-order valence-electron chi connectivity index (χ3n) is 8.94. The van der Waals surface area contributed by atoms with Crippen LogP contribution in [0.5, 0.6) is 0 Å². The van der Waals surface area contributed by atoms with Gasteiger partial charge in [-0.05, 0) is 93.8 Å². The van der Waals surface area contributed by atoms with Gasteiger partial charge in [-0.3, -0.25) is 4.79 Å². The van der Waals surface area contributed by atoms with Gasteiger partial charge in [0, 0.05) is 0 Å². The number of unbranched alkanes of at least 4 members (excludes halogenated alkanes) is 5. The maximum atomic E-state index is 12.3. The zero-order chi connectivity index (χ0) is 19.9. The molecule has 0 aliphatic heterocycles. The van der Waals surface area contributed by atoms with E-state index in [1.54, 1.807) is 0 Å². The third kappa shape index (κ3) is 5.33.